The van der Waals surface area contributed by atoms with E-state index in [0.29, 0.717) is 12.0 Å². The van der Waals surface area contributed by atoms with Gasteiger partial charge >= 0.3 is 0 Å². The van der Waals surface area contributed by atoms with E-state index >= 15 is 0 Å². The van der Waals surface area contributed by atoms with Crippen LogP contribution < -0.4 is 10.5 Å². The van der Waals surface area contributed by atoms with Gasteiger partial charge in [-0.05, 0) is 18.6 Å². The topological polar surface area (TPSA) is 101 Å². The first-order chi connectivity index (χ1) is 8.95. The Morgan fingerprint density at radius 1 is 1.47 bits per heavy atom. The van der Waals surface area contributed by atoms with Crippen LogP contribution in [0, 0.1) is 5.82 Å². The van der Waals surface area contributed by atoms with E-state index in [2.05, 4.69) is 14.9 Å². The van der Waals surface area contributed by atoms with Crippen molar-refractivity contribution in [2.24, 2.45) is 0 Å². The number of anilines is 2. The molecular formula is C11H13FN4O2S. The van der Waals surface area contributed by atoms with Gasteiger partial charge in [-0.3, -0.25) is 9.82 Å². The maximum atomic E-state index is 13.3. The maximum absolute atomic E-state index is 13.3. The Bertz CT molecular complexity index is 696. The Kier molecular flexibility index (Phi) is 3.43. The third-order valence-electron chi connectivity index (χ3n) is 2.64. The quantitative estimate of drug-likeness (QED) is 0.740. The van der Waals surface area contributed by atoms with Crippen molar-refractivity contribution in [2.45, 2.75) is 18.2 Å². The minimum Gasteiger partial charge on any atom is -0.395 e. The molecule has 0 bridgehead atoms. The summed E-state index contributed by atoms with van der Waals surface area (Å²) in [6.07, 6.45) is 2.12. The SMILES string of the molecule is CCc1cn[nH]c1NS(=O)(=O)c1cccc(F)c1N. The van der Waals surface area contributed by atoms with Crippen LogP contribution in [0.3, 0.4) is 0 Å². The van der Waals surface area contributed by atoms with E-state index in [9.17, 15) is 12.8 Å². The van der Waals surface area contributed by atoms with Gasteiger partial charge in [0.1, 0.15) is 16.5 Å². The van der Waals surface area contributed by atoms with Crippen molar-refractivity contribution in [3.05, 3.63) is 35.8 Å². The summed E-state index contributed by atoms with van der Waals surface area (Å²) in [6, 6.07) is 3.62. The standard InChI is InChI=1S/C11H13FN4O2S/c1-2-7-6-14-15-11(7)16-19(17,18)9-5-3-4-8(12)10(9)13/h3-6H,2,13H2,1H3,(H2,14,15,16). The fraction of sp³-hybridized carbons (Fsp3) is 0.182. The zero-order chi connectivity index (χ0) is 14.0. The number of nitrogens with zero attached hydrogens (tertiary/aromatic N) is 1. The second kappa shape index (κ2) is 4.88. The summed E-state index contributed by atoms with van der Waals surface area (Å²) in [5.74, 6) is -0.519. The summed E-state index contributed by atoms with van der Waals surface area (Å²) in [6.45, 7) is 1.86. The zero-order valence-electron chi connectivity index (χ0n) is 10.1. The van der Waals surface area contributed by atoms with Gasteiger partial charge in [-0.1, -0.05) is 13.0 Å². The minimum absolute atomic E-state index is 0.256. The molecule has 0 aliphatic rings. The lowest BCUT2D eigenvalue weighted by Crippen LogP contribution is -2.16. The van der Waals surface area contributed by atoms with Gasteiger partial charge in [0.15, 0.2) is 0 Å². The summed E-state index contributed by atoms with van der Waals surface area (Å²) < 4.78 is 39.9. The van der Waals surface area contributed by atoms with Crippen LogP contribution in [0.5, 0.6) is 0 Å². The average molecular weight is 284 g/mol. The molecule has 0 saturated heterocycles. The van der Waals surface area contributed by atoms with Crippen molar-refractivity contribution in [1.82, 2.24) is 10.2 Å². The van der Waals surface area contributed by atoms with E-state index in [1.807, 2.05) is 6.92 Å². The second-order valence-electron chi connectivity index (χ2n) is 3.88. The van der Waals surface area contributed by atoms with Crippen LogP contribution in [0.4, 0.5) is 15.9 Å². The predicted octanol–water partition coefficient (Wildman–Crippen LogP) is 1.49. The zero-order valence-corrected chi connectivity index (χ0v) is 11.0. The number of H-pyrrole nitrogens is 1. The van der Waals surface area contributed by atoms with E-state index in [0.717, 1.165) is 6.07 Å². The Morgan fingerprint density at radius 2 is 2.21 bits per heavy atom. The molecule has 1 aromatic carbocycles. The van der Waals surface area contributed by atoms with Crippen LogP contribution in [-0.4, -0.2) is 18.6 Å². The van der Waals surface area contributed by atoms with Gasteiger partial charge in [0.25, 0.3) is 10.0 Å². The maximum Gasteiger partial charge on any atom is 0.265 e. The number of sulfonamides is 1. The van der Waals surface area contributed by atoms with E-state index in [1.165, 1.54) is 18.3 Å². The largest absolute Gasteiger partial charge is 0.395 e. The van der Waals surface area contributed by atoms with Crippen molar-refractivity contribution >= 4 is 21.5 Å². The fourth-order valence-corrected chi connectivity index (χ4v) is 2.81. The number of benzene rings is 1. The number of nitrogens with two attached hydrogens (primary N) is 1. The monoisotopic (exact) mass is 284 g/mol. The molecule has 19 heavy (non-hydrogen) atoms. The van der Waals surface area contributed by atoms with Crippen LogP contribution in [0.1, 0.15) is 12.5 Å². The van der Waals surface area contributed by atoms with E-state index in [4.69, 9.17) is 5.73 Å². The number of para-hydroxylation sites is 1. The molecule has 0 aliphatic carbocycles. The van der Waals surface area contributed by atoms with Gasteiger partial charge in [0.05, 0.1) is 11.9 Å². The fourth-order valence-electron chi connectivity index (χ4n) is 1.61. The predicted molar refractivity (Wildman–Crippen MR) is 69.6 cm³/mol. The van der Waals surface area contributed by atoms with Crippen LogP contribution in [-0.2, 0) is 16.4 Å². The van der Waals surface area contributed by atoms with Crippen LogP contribution >= 0.6 is 0 Å². The molecule has 2 rings (SSSR count). The summed E-state index contributed by atoms with van der Waals surface area (Å²) >= 11 is 0. The van der Waals surface area contributed by atoms with Crippen molar-refractivity contribution < 1.29 is 12.8 Å². The van der Waals surface area contributed by atoms with Gasteiger partial charge in [0, 0.05) is 5.56 Å². The van der Waals surface area contributed by atoms with Crippen molar-refractivity contribution in [2.75, 3.05) is 10.5 Å². The molecule has 0 atom stereocenters. The number of hydrogen-bond acceptors (Lipinski definition) is 4. The molecule has 4 N–H and O–H groups in total. The Balaban J connectivity index is 2.41. The van der Waals surface area contributed by atoms with Crippen molar-refractivity contribution in [3.8, 4) is 0 Å². The third kappa shape index (κ3) is 2.53. The van der Waals surface area contributed by atoms with Crippen LogP contribution in [0.15, 0.2) is 29.3 Å². The molecule has 0 spiro atoms. The van der Waals surface area contributed by atoms with E-state index in [-0.39, 0.29) is 10.7 Å². The molecule has 0 saturated carbocycles. The van der Waals surface area contributed by atoms with Gasteiger partial charge in [-0.2, -0.15) is 5.10 Å². The third-order valence-corrected chi connectivity index (χ3v) is 4.05. The number of aryl methyl sites for hydroxylation is 1. The number of nitrogens with one attached hydrogen (secondary N) is 2. The summed E-state index contributed by atoms with van der Waals surface area (Å²) in [7, 11) is -3.96. The van der Waals surface area contributed by atoms with Crippen LogP contribution in [0.25, 0.3) is 0 Å². The summed E-state index contributed by atoms with van der Waals surface area (Å²) in [5, 5.41) is 6.30. The molecule has 6 nitrogen and oxygen atoms in total. The molecule has 1 heterocycles. The highest BCUT2D eigenvalue weighted by atomic mass is 32.2. The molecule has 0 radical (unpaired) electrons. The molecule has 0 fully saturated rings. The summed E-state index contributed by atoms with van der Waals surface area (Å²) in [5.41, 5.74) is 5.75. The van der Waals surface area contributed by atoms with Gasteiger partial charge < -0.3 is 5.73 Å². The number of aromatic nitrogens is 2. The Morgan fingerprint density at radius 3 is 2.89 bits per heavy atom. The highest BCUT2D eigenvalue weighted by Gasteiger charge is 2.21. The number of halogens is 1. The average Bonchev–Trinajstić information content (AvgIpc) is 2.78. The van der Waals surface area contributed by atoms with E-state index in [1.54, 1.807) is 0 Å². The van der Waals surface area contributed by atoms with Crippen LogP contribution in [0.2, 0.25) is 0 Å². The van der Waals surface area contributed by atoms with Gasteiger partial charge in [-0.25, -0.2) is 12.8 Å². The molecule has 1 aromatic heterocycles. The van der Waals surface area contributed by atoms with E-state index < -0.39 is 21.5 Å². The Labute approximate surface area is 109 Å². The normalized spacial score (nSPS) is 11.5. The number of aromatic amines is 1. The molecular weight excluding hydrogens is 271 g/mol. The highest BCUT2D eigenvalue weighted by molar-refractivity contribution is 7.92. The first-order valence-electron chi connectivity index (χ1n) is 5.54. The molecule has 2 aromatic rings. The Hall–Kier alpha value is -2.09. The van der Waals surface area contributed by atoms with Crippen molar-refractivity contribution in [3.63, 3.8) is 0 Å². The number of rotatable bonds is 4. The minimum atomic E-state index is -3.96. The molecule has 102 valence electrons. The summed E-state index contributed by atoms with van der Waals surface area (Å²) in [4.78, 5) is -0.302. The number of hydrogen-bond donors (Lipinski definition) is 3. The van der Waals surface area contributed by atoms with Crippen molar-refractivity contribution in [1.29, 1.82) is 0 Å². The lowest BCUT2D eigenvalue weighted by Gasteiger charge is -2.10. The molecule has 0 aliphatic heterocycles. The smallest absolute Gasteiger partial charge is 0.265 e. The first-order valence-corrected chi connectivity index (χ1v) is 7.03. The second-order valence-corrected chi connectivity index (χ2v) is 5.53. The lowest BCUT2D eigenvalue weighted by molar-refractivity contribution is 0.597. The lowest BCUT2D eigenvalue weighted by atomic mass is 10.3. The molecule has 0 amide bonds. The first kappa shape index (κ1) is 13.3. The number of nitrogen functional groups attached to an aromatic ring is 1. The molecule has 8 heteroatoms. The molecule has 0 unspecified atom stereocenters. The highest BCUT2D eigenvalue weighted by Crippen LogP contribution is 2.24. The van der Waals surface area contributed by atoms with Gasteiger partial charge in [-0.15, -0.1) is 0 Å². The van der Waals surface area contributed by atoms with Gasteiger partial charge in [0.2, 0.25) is 0 Å².